The maximum absolute atomic E-state index is 12.3. The maximum Gasteiger partial charge on any atom is 0.333 e. The number of aliphatic carboxylic acids is 1. The number of carbonyl (C=O) groups is 2. The molecule has 2 heterocycles. The van der Waals surface area contributed by atoms with Gasteiger partial charge in [0.1, 0.15) is 11.5 Å². The molecular weight excluding hydrogens is 406 g/mol. The molecule has 0 aromatic heterocycles. The van der Waals surface area contributed by atoms with Crippen molar-refractivity contribution in [2.24, 2.45) is 0 Å². The van der Waals surface area contributed by atoms with Gasteiger partial charge in [0.05, 0.1) is 24.0 Å². The Kier molecular flexibility index (Phi) is 4.46. The third kappa shape index (κ3) is 2.57. The number of esters is 1. The van der Waals surface area contributed by atoms with Gasteiger partial charge in [0.25, 0.3) is 0 Å². The van der Waals surface area contributed by atoms with E-state index in [2.05, 4.69) is 4.90 Å². The van der Waals surface area contributed by atoms with Gasteiger partial charge in [-0.2, -0.15) is 0 Å². The van der Waals surface area contributed by atoms with Crippen LogP contribution in [-0.4, -0.2) is 74.7 Å². The normalized spacial score (nSPS) is 33.7. The van der Waals surface area contributed by atoms with E-state index < -0.39 is 41.6 Å². The van der Waals surface area contributed by atoms with Gasteiger partial charge in [-0.25, -0.2) is 4.79 Å². The molecule has 31 heavy (non-hydrogen) atoms. The third-order valence-corrected chi connectivity index (χ3v) is 7.50. The second-order valence-electron chi connectivity index (χ2n) is 8.93. The van der Waals surface area contributed by atoms with Gasteiger partial charge in [-0.1, -0.05) is 12.1 Å². The fourth-order valence-corrected chi connectivity index (χ4v) is 6.05. The Bertz CT molecular complexity index is 1010. The highest BCUT2D eigenvalue weighted by Gasteiger charge is 2.71. The number of hydrogen-bond acceptors (Lipinski definition) is 8. The van der Waals surface area contributed by atoms with Crippen molar-refractivity contribution < 1.29 is 39.5 Å². The van der Waals surface area contributed by atoms with E-state index in [4.69, 9.17) is 14.6 Å². The first-order chi connectivity index (χ1) is 14.7. The summed E-state index contributed by atoms with van der Waals surface area (Å²) in [4.78, 5) is 25.3. The van der Waals surface area contributed by atoms with Crippen LogP contribution in [0.3, 0.4) is 0 Å². The van der Waals surface area contributed by atoms with Crippen molar-refractivity contribution in [3.05, 3.63) is 40.7 Å². The molecular formula is C22H25NO8. The number of aliphatic hydroxyl groups excluding tert-OH is 2. The van der Waals surface area contributed by atoms with Crippen LogP contribution < -0.4 is 4.74 Å². The van der Waals surface area contributed by atoms with E-state index in [9.17, 15) is 24.9 Å². The average Bonchev–Trinajstić information content (AvgIpc) is 3.08. The number of carboxylic acid groups (broad SMARTS) is 1. The summed E-state index contributed by atoms with van der Waals surface area (Å²) in [5.41, 5.74) is 0.545. The summed E-state index contributed by atoms with van der Waals surface area (Å²) in [7, 11) is 1.99. The number of aliphatic hydroxyl groups is 3. The highest BCUT2D eigenvalue weighted by atomic mass is 16.6. The van der Waals surface area contributed by atoms with Crippen LogP contribution in [0.5, 0.6) is 5.75 Å². The van der Waals surface area contributed by atoms with Gasteiger partial charge in [0.15, 0.2) is 12.2 Å². The molecule has 166 valence electrons. The molecule has 0 amide bonds. The molecule has 2 aliphatic heterocycles. The molecule has 9 nitrogen and oxygen atoms in total. The minimum Gasteiger partial charge on any atom is -0.481 e. The fraction of sp³-hybridized carbons (Fsp3) is 0.545. The predicted molar refractivity (Wildman–Crippen MR) is 105 cm³/mol. The molecule has 5 atom stereocenters. The first kappa shape index (κ1) is 20.4. The van der Waals surface area contributed by atoms with Crippen LogP contribution in [0.1, 0.15) is 36.0 Å². The lowest BCUT2D eigenvalue weighted by Gasteiger charge is -2.61. The van der Waals surface area contributed by atoms with Gasteiger partial charge in [0.2, 0.25) is 0 Å². The molecule has 9 heteroatoms. The zero-order valence-corrected chi connectivity index (χ0v) is 17.1. The first-order valence-corrected chi connectivity index (χ1v) is 10.4. The molecule has 1 unspecified atom stereocenters. The average molecular weight is 431 g/mol. The smallest absolute Gasteiger partial charge is 0.333 e. The quantitative estimate of drug-likeness (QED) is 0.469. The van der Waals surface area contributed by atoms with Crippen molar-refractivity contribution in [3.63, 3.8) is 0 Å². The third-order valence-electron chi connectivity index (χ3n) is 7.50. The lowest BCUT2D eigenvalue weighted by Crippen LogP contribution is -2.74. The van der Waals surface area contributed by atoms with Crippen LogP contribution in [0.4, 0.5) is 0 Å². The largest absolute Gasteiger partial charge is 0.481 e. The number of hydrogen-bond donors (Lipinski definition) is 4. The predicted octanol–water partition coefficient (Wildman–Crippen LogP) is -0.165. The number of likely N-dealkylation sites (tertiary alicyclic amines) is 1. The van der Waals surface area contributed by atoms with Gasteiger partial charge in [-0.05, 0) is 38.1 Å². The van der Waals surface area contributed by atoms with E-state index >= 15 is 0 Å². The molecule has 1 fully saturated rings. The Morgan fingerprint density at radius 3 is 2.87 bits per heavy atom. The highest BCUT2D eigenvalue weighted by molar-refractivity contribution is 5.81. The van der Waals surface area contributed by atoms with Gasteiger partial charge < -0.3 is 34.8 Å². The van der Waals surface area contributed by atoms with Crippen LogP contribution in [0, 0.1) is 0 Å². The number of carbonyl (C=O) groups excluding carboxylic acids is 1. The van der Waals surface area contributed by atoms with E-state index in [0.29, 0.717) is 30.7 Å². The molecule has 1 spiro atoms. The lowest BCUT2D eigenvalue weighted by atomic mass is 9.50. The van der Waals surface area contributed by atoms with Crippen molar-refractivity contribution in [1.29, 1.82) is 0 Å². The van der Waals surface area contributed by atoms with Crippen molar-refractivity contribution in [2.45, 2.75) is 61.6 Å². The molecule has 0 saturated carbocycles. The summed E-state index contributed by atoms with van der Waals surface area (Å²) < 4.78 is 11.8. The molecule has 2 aliphatic carbocycles. The molecule has 2 bridgehead atoms. The van der Waals surface area contributed by atoms with Gasteiger partial charge in [0, 0.05) is 23.6 Å². The summed E-state index contributed by atoms with van der Waals surface area (Å²) in [5.74, 6) is -1.65. The van der Waals surface area contributed by atoms with Crippen molar-refractivity contribution in [1.82, 2.24) is 4.90 Å². The minimum absolute atomic E-state index is 0.145. The summed E-state index contributed by atoms with van der Waals surface area (Å²) >= 11 is 0. The van der Waals surface area contributed by atoms with Crippen molar-refractivity contribution in [2.75, 3.05) is 13.6 Å². The van der Waals surface area contributed by atoms with Crippen LogP contribution in [0.25, 0.3) is 0 Å². The second-order valence-corrected chi connectivity index (χ2v) is 8.93. The Morgan fingerprint density at radius 2 is 2.16 bits per heavy atom. The van der Waals surface area contributed by atoms with E-state index in [1.807, 2.05) is 19.2 Å². The minimum atomic E-state index is -1.86. The van der Waals surface area contributed by atoms with Gasteiger partial charge in [-0.15, -0.1) is 0 Å². The number of rotatable bonds is 5. The second kappa shape index (κ2) is 6.77. The number of likely N-dealkylation sites (N-methyl/N-ethyl adjacent to an activating group) is 1. The Balaban J connectivity index is 1.59. The SMILES string of the molecule is CN1CC[C@]23c4c5ccc(CO)c4O[C@H]2C(OC(=O)CC(O)C(=O)O)=CC[C@@]3(O)[C@H]1C5. The number of piperidine rings is 1. The Labute approximate surface area is 178 Å². The zero-order chi connectivity index (χ0) is 22.1. The van der Waals surface area contributed by atoms with Gasteiger partial charge >= 0.3 is 11.9 Å². The van der Waals surface area contributed by atoms with E-state index in [-0.39, 0.29) is 24.8 Å². The number of carboxylic acids is 1. The fourth-order valence-electron chi connectivity index (χ4n) is 6.05. The first-order valence-electron chi connectivity index (χ1n) is 10.4. The van der Waals surface area contributed by atoms with Crippen molar-refractivity contribution in [3.8, 4) is 5.75 Å². The summed E-state index contributed by atoms with van der Waals surface area (Å²) in [6, 6.07) is 3.64. The lowest BCUT2D eigenvalue weighted by molar-refractivity contribution is -0.170. The molecule has 4 aliphatic rings. The molecule has 0 radical (unpaired) electrons. The Hall–Kier alpha value is -2.46. The molecule has 4 N–H and O–H groups in total. The van der Waals surface area contributed by atoms with Crippen LogP contribution in [-0.2, 0) is 32.8 Å². The maximum atomic E-state index is 12.3. The standard InChI is InChI=1S/C22H25NO8/c1-23-7-6-21-17-11-2-3-12(10-24)18(17)31-19(21)14(4-5-22(21,29)15(23)8-11)30-16(26)9-13(25)20(27)28/h2-4,13,15,19,24-25,29H,5-10H2,1H3,(H,27,28)/t13?,15-,19+,21+,22-/m1/s1. The van der Waals surface area contributed by atoms with E-state index in [1.54, 1.807) is 6.08 Å². The molecule has 1 saturated heterocycles. The van der Waals surface area contributed by atoms with Crippen LogP contribution >= 0.6 is 0 Å². The number of benzene rings is 1. The van der Waals surface area contributed by atoms with Crippen molar-refractivity contribution >= 4 is 11.9 Å². The van der Waals surface area contributed by atoms with E-state index in [1.165, 1.54) is 0 Å². The van der Waals surface area contributed by atoms with Crippen LogP contribution in [0.15, 0.2) is 24.0 Å². The molecule has 1 aromatic rings. The Morgan fingerprint density at radius 1 is 1.39 bits per heavy atom. The summed E-state index contributed by atoms with van der Waals surface area (Å²) in [6.07, 6.45) is -0.236. The zero-order valence-electron chi connectivity index (χ0n) is 17.1. The van der Waals surface area contributed by atoms with Crippen LogP contribution in [0.2, 0.25) is 0 Å². The molecule has 5 rings (SSSR count). The highest BCUT2D eigenvalue weighted by Crippen LogP contribution is 2.64. The number of ether oxygens (including phenoxy) is 2. The number of nitrogens with zero attached hydrogens (tertiary/aromatic N) is 1. The monoisotopic (exact) mass is 431 g/mol. The van der Waals surface area contributed by atoms with E-state index in [0.717, 1.165) is 11.1 Å². The molecule has 1 aromatic carbocycles. The summed E-state index contributed by atoms with van der Waals surface area (Å²) in [6.45, 7) is 0.491. The topological polar surface area (TPSA) is 137 Å². The van der Waals surface area contributed by atoms with Gasteiger partial charge in [-0.3, -0.25) is 4.79 Å². The summed E-state index contributed by atoms with van der Waals surface area (Å²) in [5, 5.41) is 40.2.